The van der Waals surface area contributed by atoms with Gasteiger partial charge in [0.1, 0.15) is 11.4 Å². The number of carbonyl (C=O) groups excluding carboxylic acids is 1. The van der Waals surface area contributed by atoms with Crippen molar-refractivity contribution < 1.29 is 13.9 Å². The Morgan fingerprint density at radius 2 is 2.23 bits per heavy atom. The number of aryl methyl sites for hydroxylation is 1. The lowest BCUT2D eigenvalue weighted by Crippen LogP contribution is -2.37. The molecule has 0 spiro atoms. The van der Waals surface area contributed by atoms with Crippen LogP contribution < -0.4 is 5.32 Å². The number of anilines is 1. The molecule has 3 heterocycles. The largest absolute Gasteiger partial charge is 0.464 e. The maximum Gasteiger partial charge on any atom is 0.238 e. The number of rotatable bonds is 5. The minimum absolute atomic E-state index is 0.0202. The lowest BCUT2D eigenvalue weighted by atomic mass is 9.97. The fourth-order valence-electron chi connectivity index (χ4n) is 4.38. The fraction of sp³-hybridized carbons (Fsp3) is 0.333. The van der Waals surface area contributed by atoms with Gasteiger partial charge in [0.05, 0.1) is 37.1 Å². The molecule has 160 valence electrons. The number of imidazole rings is 1. The van der Waals surface area contributed by atoms with E-state index >= 15 is 0 Å². The number of nitrogens with one attached hydrogen (secondary N) is 2. The first-order valence-corrected chi connectivity index (χ1v) is 10.7. The molecule has 0 saturated carbocycles. The molecular formula is C24H26N4O3. The van der Waals surface area contributed by atoms with Gasteiger partial charge in [-0.1, -0.05) is 12.1 Å². The average Bonchev–Trinajstić information content (AvgIpc) is 3.30. The highest BCUT2D eigenvalue weighted by atomic mass is 16.5. The van der Waals surface area contributed by atoms with Gasteiger partial charge in [-0.25, -0.2) is 4.98 Å². The molecule has 1 unspecified atom stereocenters. The predicted octanol–water partition coefficient (Wildman–Crippen LogP) is 3.75. The van der Waals surface area contributed by atoms with E-state index in [1.165, 1.54) is 5.56 Å². The molecule has 0 radical (unpaired) electrons. The summed E-state index contributed by atoms with van der Waals surface area (Å²) in [5.41, 5.74) is 4.76. The van der Waals surface area contributed by atoms with Gasteiger partial charge in [-0.2, -0.15) is 0 Å². The molecule has 2 aromatic carbocycles. The second kappa shape index (κ2) is 8.53. The Balaban J connectivity index is 1.23. The molecule has 1 amide bonds. The van der Waals surface area contributed by atoms with Gasteiger partial charge in [-0.15, -0.1) is 0 Å². The van der Waals surface area contributed by atoms with Crippen LogP contribution >= 0.6 is 0 Å². The van der Waals surface area contributed by atoms with Crippen LogP contribution in [-0.4, -0.2) is 53.6 Å². The van der Waals surface area contributed by atoms with Gasteiger partial charge in [0.15, 0.2) is 0 Å². The van der Waals surface area contributed by atoms with Crippen LogP contribution in [0.4, 0.5) is 5.69 Å². The number of ether oxygens (including phenoxy) is 1. The molecule has 2 aromatic heterocycles. The van der Waals surface area contributed by atoms with E-state index in [4.69, 9.17) is 9.15 Å². The number of hydrogen-bond acceptors (Lipinski definition) is 5. The summed E-state index contributed by atoms with van der Waals surface area (Å²) in [4.78, 5) is 22.5. The monoisotopic (exact) mass is 418 g/mol. The molecule has 4 aromatic rings. The summed E-state index contributed by atoms with van der Waals surface area (Å²) in [6.45, 7) is 5.17. The van der Waals surface area contributed by atoms with Crippen molar-refractivity contribution in [3.05, 3.63) is 60.1 Å². The van der Waals surface area contributed by atoms with E-state index in [1.54, 1.807) is 6.26 Å². The second-order valence-corrected chi connectivity index (χ2v) is 8.23. The normalized spacial score (nSPS) is 17.8. The summed E-state index contributed by atoms with van der Waals surface area (Å²) in [6.07, 6.45) is 2.63. The molecule has 7 nitrogen and oxygen atoms in total. The zero-order valence-corrected chi connectivity index (χ0v) is 17.6. The topological polar surface area (TPSA) is 83.4 Å². The number of carbonyl (C=O) groups is 1. The van der Waals surface area contributed by atoms with Crippen molar-refractivity contribution in [2.75, 3.05) is 38.2 Å². The van der Waals surface area contributed by atoms with Crippen LogP contribution in [-0.2, 0) is 16.0 Å². The quantitative estimate of drug-likeness (QED) is 0.516. The number of fused-ring (bicyclic) bond motifs is 2. The number of aromatic nitrogens is 2. The summed E-state index contributed by atoms with van der Waals surface area (Å²) in [5.74, 6) is 1.16. The van der Waals surface area contributed by atoms with Crippen molar-refractivity contribution in [3.63, 3.8) is 0 Å². The third kappa shape index (κ3) is 4.47. The molecule has 5 rings (SSSR count). The molecule has 1 saturated heterocycles. The van der Waals surface area contributed by atoms with E-state index in [9.17, 15) is 4.79 Å². The molecule has 7 heteroatoms. The van der Waals surface area contributed by atoms with Crippen LogP contribution in [0.3, 0.4) is 0 Å². The van der Waals surface area contributed by atoms with Gasteiger partial charge in [-0.3, -0.25) is 9.69 Å². The minimum atomic E-state index is -0.0202. The number of H-pyrrole nitrogens is 1. The zero-order valence-electron chi connectivity index (χ0n) is 17.6. The molecule has 1 atom stereocenters. The summed E-state index contributed by atoms with van der Waals surface area (Å²) in [6, 6.07) is 13.9. The van der Waals surface area contributed by atoms with Crippen molar-refractivity contribution in [1.29, 1.82) is 0 Å². The van der Waals surface area contributed by atoms with Crippen molar-refractivity contribution in [3.8, 4) is 0 Å². The summed E-state index contributed by atoms with van der Waals surface area (Å²) in [7, 11) is 0. The Kier molecular flexibility index (Phi) is 5.44. The molecule has 31 heavy (non-hydrogen) atoms. The molecule has 0 aliphatic carbocycles. The number of nitrogens with zero attached hydrogens (tertiary/aromatic N) is 2. The van der Waals surface area contributed by atoms with E-state index in [-0.39, 0.29) is 5.91 Å². The lowest BCUT2D eigenvalue weighted by Gasteiger charge is -2.23. The fourth-order valence-corrected chi connectivity index (χ4v) is 4.38. The van der Waals surface area contributed by atoms with Crippen molar-refractivity contribution in [2.24, 2.45) is 5.92 Å². The highest BCUT2D eigenvalue weighted by Crippen LogP contribution is 2.24. The van der Waals surface area contributed by atoms with E-state index in [1.807, 2.05) is 43.3 Å². The van der Waals surface area contributed by atoms with Gasteiger partial charge in [-0.05, 0) is 55.2 Å². The Morgan fingerprint density at radius 1 is 1.29 bits per heavy atom. The number of hydrogen-bond donors (Lipinski definition) is 2. The van der Waals surface area contributed by atoms with Crippen LogP contribution in [0.15, 0.2) is 53.1 Å². The van der Waals surface area contributed by atoms with Crippen LogP contribution in [0.2, 0.25) is 0 Å². The van der Waals surface area contributed by atoms with Crippen molar-refractivity contribution >= 4 is 33.6 Å². The second-order valence-electron chi connectivity index (χ2n) is 8.23. The predicted molar refractivity (Wildman–Crippen MR) is 120 cm³/mol. The van der Waals surface area contributed by atoms with Gasteiger partial charge in [0.2, 0.25) is 5.91 Å². The average molecular weight is 418 g/mol. The molecule has 2 N–H and O–H groups in total. The standard InChI is InChI=1S/C24H26N4O3/c1-16-25-21-6-5-19(12-22(21)26-16)27-24(29)14-28-8-10-30-15-17(13-28)11-18-3-2-4-23-20(18)7-9-31-23/h2-7,9,12,17H,8,10-11,13-15H2,1H3,(H,25,26)(H,27,29). The summed E-state index contributed by atoms with van der Waals surface area (Å²) < 4.78 is 11.4. The van der Waals surface area contributed by atoms with Gasteiger partial charge in [0.25, 0.3) is 0 Å². The minimum Gasteiger partial charge on any atom is -0.464 e. The van der Waals surface area contributed by atoms with E-state index in [2.05, 4.69) is 26.3 Å². The van der Waals surface area contributed by atoms with Gasteiger partial charge < -0.3 is 19.5 Å². The molecular weight excluding hydrogens is 392 g/mol. The Morgan fingerprint density at radius 3 is 3.16 bits per heavy atom. The molecule has 1 aliphatic rings. The van der Waals surface area contributed by atoms with Gasteiger partial charge in [0, 0.05) is 24.2 Å². The molecule has 1 aliphatic heterocycles. The first-order valence-electron chi connectivity index (χ1n) is 10.7. The van der Waals surface area contributed by atoms with E-state index < -0.39 is 0 Å². The van der Waals surface area contributed by atoms with E-state index in [0.29, 0.717) is 25.7 Å². The van der Waals surface area contributed by atoms with Gasteiger partial charge >= 0.3 is 0 Å². The molecule has 1 fully saturated rings. The summed E-state index contributed by atoms with van der Waals surface area (Å²) in [5, 5.41) is 4.17. The smallest absolute Gasteiger partial charge is 0.238 e. The number of amides is 1. The Hall–Kier alpha value is -3.16. The highest BCUT2D eigenvalue weighted by molar-refractivity contribution is 5.94. The van der Waals surface area contributed by atoms with Crippen molar-refractivity contribution in [2.45, 2.75) is 13.3 Å². The summed E-state index contributed by atoms with van der Waals surface area (Å²) >= 11 is 0. The number of aromatic amines is 1. The number of furan rings is 1. The SMILES string of the molecule is Cc1nc2ccc(NC(=O)CN3CCOCC(Cc4cccc5occc45)C3)cc2[nH]1. The lowest BCUT2D eigenvalue weighted by molar-refractivity contribution is -0.117. The Labute approximate surface area is 180 Å². The van der Waals surface area contributed by atoms with Crippen LogP contribution in [0.25, 0.3) is 22.0 Å². The van der Waals surface area contributed by atoms with Crippen molar-refractivity contribution in [1.82, 2.24) is 14.9 Å². The number of benzene rings is 2. The maximum atomic E-state index is 12.7. The Bertz CT molecular complexity index is 1210. The highest BCUT2D eigenvalue weighted by Gasteiger charge is 2.22. The van der Waals surface area contributed by atoms with Crippen LogP contribution in [0, 0.1) is 12.8 Å². The maximum absolute atomic E-state index is 12.7. The van der Waals surface area contributed by atoms with Crippen LogP contribution in [0.5, 0.6) is 0 Å². The van der Waals surface area contributed by atoms with Crippen LogP contribution in [0.1, 0.15) is 11.4 Å². The van der Waals surface area contributed by atoms with E-state index in [0.717, 1.165) is 53.0 Å². The first-order chi connectivity index (χ1) is 15.1. The third-order valence-electron chi connectivity index (χ3n) is 5.77. The first kappa shape index (κ1) is 19.8. The zero-order chi connectivity index (χ0) is 21.2. The third-order valence-corrected chi connectivity index (χ3v) is 5.77. The molecule has 0 bridgehead atoms.